The third kappa shape index (κ3) is 4.24. The van der Waals surface area contributed by atoms with E-state index in [9.17, 15) is 4.79 Å². The molecule has 1 rings (SSSR count). The van der Waals surface area contributed by atoms with Crippen LogP contribution in [0, 0.1) is 12.8 Å². The number of hydrogen-bond donors (Lipinski definition) is 3. The van der Waals surface area contributed by atoms with Crippen molar-refractivity contribution in [2.45, 2.75) is 26.7 Å². The highest BCUT2D eigenvalue weighted by molar-refractivity contribution is 9.10. The molecule has 0 aliphatic carbocycles. The highest BCUT2D eigenvalue weighted by Crippen LogP contribution is 2.24. The van der Waals surface area contributed by atoms with E-state index < -0.39 is 5.92 Å². The summed E-state index contributed by atoms with van der Waals surface area (Å²) in [6, 6.07) is 5.62. The van der Waals surface area contributed by atoms with Gasteiger partial charge in [0.05, 0.1) is 11.6 Å². The van der Waals surface area contributed by atoms with Gasteiger partial charge in [-0.05, 0) is 47.0 Å². The lowest BCUT2D eigenvalue weighted by Gasteiger charge is -2.15. The number of hydrogen-bond acceptors (Lipinski definition) is 3. The molecule has 0 aliphatic heterocycles. The number of benzene rings is 1. The van der Waals surface area contributed by atoms with Gasteiger partial charge >= 0.3 is 0 Å². The SMILES string of the molecule is CCCC(C(=O)Nc1ccc(C)cc1Br)C(N)=NO. The molecule has 0 heterocycles. The first-order chi connectivity index (χ1) is 8.99. The molecule has 1 aromatic carbocycles. The van der Waals surface area contributed by atoms with Crippen LogP contribution in [-0.2, 0) is 4.79 Å². The second kappa shape index (κ2) is 7.13. The van der Waals surface area contributed by atoms with Crippen LogP contribution in [0.5, 0.6) is 0 Å². The molecule has 6 heteroatoms. The van der Waals surface area contributed by atoms with Gasteiger partial charge in [-0.15, -0.1) is 0 Å². The highest BCUT2D eigenvalue weighted by Gasteiger charge is 2.22. The number of nitrogens with one attached hydrogen (secondary N) is 1. The first-order valence-corrected chi connectivity index (χ1v) is 6.83. The second-order valence-corrected chi connectivity index (χ2v) is 5.19. The van der Waals surface area contributed by atoms with Crippen molar-refractivity contribution in [2.75, 3.05) is 5.32 Å². The summed E-state index contributed by atoms with van der Waals surface area (Å²) in [5, 5.41) is 14.4. The predicted molar refractivity (Wildman–Crippen MR) is 79.3 cm³/mol. The monoisotopic (exact) mass is 327 g/mol. The number of oxime groups is 1. The van der Waals surface area contributed by atoms with Gasteiger partial charge in [-0.25, -0.2) is 0 Å². The van der Waals surface area contributed by atoms with E-state index in [1.165, 1.54) is 0 Å². The molecule has 0 aromatic heterocycles. The second-order valence-electron chi connectivity index (χ2n) is 4.34. The summed E-state index contributed by atoms with van der Waals surface area (Å²) in [4.78, 5) is 12.1. The van der Waals surface area contributed by atoms with Crippen molar-refractivity contribution in [3.63, 3.8) is 0 Å². The Labute approximate surface area is 121 Å². The first kappa shape index (κ1) is 15.5. The molecule has 1 unspecified atom stereocenters. The first-order valence-electron chi connectivity index (χ1n) is 6.04. The fourth-order valence-corrected chi connectivity index (χ4v) is 2.31. The Balaban J connectivity index is 2.87. The Morgan fingerprint density at radius 1 is 1.58 bits per heavy atom. The summed E-state index contributed by atoms with van der Waals surface area (Å²) in [6.07, 6.45) is 1.30. The van der Waals surface area contributed by atoms with Gasteiger partial charge in [-0.1, -0.05) is 24.6 Å². The quantitative estimate of drug-likeness (QED) is 0.336. The minimum atomic E-state index is -0.622. The molecule has 1 atom stereocenters. The summed E-state index contributed by atoms with van der Waals surface area (Å²) in [6.45, 7) is 3.90. The maximum Gasteiger partial charge on any atom is 0.235 e. The van der Waals surface area contributed by atoms with Crippen LogP contribution in [0.3, 0.4) is 0 Å². The van der Waals surface area contributed by atoms with E-state index in [4.69, 9.17) is 10.9 Å². The number of amidine groups is 1. The fourth-order valence-electron chi connectivity index (χ4n) is 1.71. The van der Waals surface area contributed by atoms with E-state index in [2.05, 4.69) is 26.4 Å². The Bertz CT molecular complexity index is 489. The van der Waals surface area contributed by atoms with Gasteiger partial charge in [0, 0.05) is 4.47 Å². The fraction of sp³-hybridized carbons (Fsp3) is 0.385. The lowest BCUT2D eigenvalue weighted by molar-refractivity contribution is -0.118. The van der Waals surface area contributed by atoms with Crippen LogP contribution >= 0.6 is 15.9 Å². The normalized spacial score (nSPS) is 13.1. The van der Waals surface area contributed by atoms with Gasteiger partial charge in [0.2, 0.25) is 5.91 Å². The van der Waals surface area contributed by atoms with Crippen LogP contribution in [0.1, 0.15) is 25.3 Å². The zero-order valence-electron chi connectivity index (χ0n) is 11.0. The van der Waals surface area contributed by atoms with Crippen molar-refractivity contribution in [3.8, 4) is 0 Å². The van der Waals surface area contributed by atoms with Gasteiger partial charge < -0.3 is 16.3 Å². The third-order valence-electron chi connectivity index (χ3n) is 2.75. The van der Waals surface area contributed by atoms with Crippen LogP contribution in [-0.4, -0.2) is 17.0 Å². The van der Waals surface area contributed by atoms with Crippen LogP contribution in [0.2, 0.25) is 0 Å². The van der Waals surface area contributed by atoms with E-state index in [0.29, 0.717) is 12.1 Å². The average Bonchev–Trinajstić information content (AvgIpc) is 2.38. The molecular formula is C13H18BrN3O2. The van der Waals surface area contributed by atoms with Crippen molar-refractivity contribution in [1.29, 1.82) is 0 Å². The van der Waals surface area contributed by atoms with E-state index in [1.54, 1.807) is 0 Å². The van der Waals surface area contributed by atoms with Gasteiger partial charge in [0.15, 0.2) is 5.84 Å². The molecule has 0 fully saturated rings. The molecular weight excluding hydrogens is 310 g/mol. The molecule has 5 nitrogen and oxygen atoms in total. The number of nitrogens with two attached hydrogens (primary N) is 1. The van der Waals surface area contributed by atoms with Crippen molar-refractivity contribution >= 4 is 33.4 Å². The number of carbonyl (C=O) groups excluding carboxylic acids is 1. The Morgan fingerprint density at radius 2 is 2.26 bits per heavy atom. The van der Waals surface area contributed by atoms with Crippen LogP contribution in [0.4, 0.5) is 5.69 Å². The van der Waals surface area contributed by atoms with Crippen molar-refractivity contribution in [1.82, 2.24) is 0 Å². The summed E-state index contributed by atoms with van der Waals surface area (Å²) in [5.41, 5.74) is 7.31. The van der Waals surface area contributed by atoms with Crippen LogP contribution in [0.15, 0.2) is 27.8 Å². The molecule has 0 bridgehead atoms. The number of amides is 1. The van der Waals surface area contributed by atoms with Crippen molar-refractivity contribution < 1.29 is 10.0 Å². The minimum absolute atomic E-state index is 0.0671. The molecule has 0 radical (unpaired) electrons. The standard InChI is InChI=1S/C13H18BrN3O2/c1-3-4-9(12(15)17-19)13(18)16-11-6-5-8(2)7-10(11)14/h5-7,9,19H,3-4H2,1-2H3,(H2,15,17)(H,16,18). The zero-order valence-corrected chi connectivity index (χ0v) is 12.6. The molecule has 0 saturated heterocycles. The van der Waals surface area contributed by atoms with Gasteiger partial charge in [-0.3, -0.25) is 4.79 Å². The molecule has 1 aromatic rings. The van der Waals surface area contributed by atoms with Crippen LogP contribution in [0.25, 0.3) is 0 Å². The third-order valence-corrected chi connectivity index (χ3v) is 3.40. The van der Waals surface area contributed by atoms with Gasteiger partial charge in [0.1, 0.15) is 0 Å². The Morgan fingerprint density at radius 3 is 2.79 bits per heavy atom. The highest BCUT2D eigenvalue weighted by atomic mass is 79.9. The van der Waals surface area contributed by atoms with E-state index in [0.717, 1.165) is 16.5 Å². The molecule has 19 heavy (non-hydrogen) atoms. The predicted octanol–water partition coefficient (Wildman–Crippen LogP) is 2.86. The van der Waals surface area contributed by atoms with Crippen molar-refractivity contribution in [3.05, 3.63) is 28.2 Å². The maximum absolute atomic E-state index is 12.1. The summed E-state index contributed by atoms with van der Waals surface area (Å²) in [7, 11) is 0. The average molecular weight is 328 g/mol. The van der Waals surface area contributed by atoms with E-state index in [-0.39, 0.29) is 11.7 Å². The smallest absolute Gasteiger partial charge is 0.235 e. The summed E-state index contributed by atoms with van der Waals surface area (Å²) in [5.74, 6) is -0.965. The van der Waals surface area contributed by atoms with E-state index >= 15 is 0 Å². The molecule has 0 aliphatic rings. The number of aryl methyl sites for hydroxylation is 1. The topological polar surface area (TPSA) is 87.7 Å². The number of anilines is 1. The molecule has 4 N–H and O–H groups in total. The zero-order chi connectivity index (χ0) is 14.4. The lowest BCUT2D eigenvalue weighted by atomic mass is 10.0. The summed E-state index contributed by atoms with van der Waals surface area (Å²) < 4.78 is 0.801. The molecule has 0 spiro atoms. The molecule has 0 saturated carbocycles. The van der Waals surface area contributed by atoms with Gasteiger partial charge in [-0.2, -0.15) is 0 Å². The Kier molecular flexibility index (Phi) is 5.82. The maximum atomic E-state index is 12.1. The Hall–Kier alpha value is -1.56. The number of rotatable bonds is 5. The van der Waals surface area contributed by atoms with Crippen molar-refractivity contribution in [2.24, 2.45) is 16.8 Å². The van der Waals surface area contributed by atoms with E-state index in [1.807, 2.05) is 32.0 Å². The summed E-state index contributed by atoms with van der Waals surface area (Å²) >= 11 is 3.39. The number of nitrogens with zero attached hydrogens (tertiary/aromatic N) is 1. The number of halogens is 1. The van der Waals surface area contributed by atoms with Gasteiger partial charge in [0.25, 0.3) is 0 Å². The minimum Gasteiger partial charge on any atom is -0.409 e. The molecule has 104 valence electrons. The largest absolute Gasteiger partial charge is 0.409 e. The molecule has 1 amide bonds. The van der Waals surface area contributed by atoms with Crippen LogP contribution < -0.4 is 11.1 Å². The number of carbonyl (C=O) groups is 1. The lowest BCUT2D eigenvalue weighted by Crippen LogP contribution is -2.34.